The molecule has 0 aliphatic heterocycles. The first-order chi connectivity index (χ1) is 9.79. The van der Waals surface area contributed by atoms with Crippen molar-refractivity contribution in [1.82, 2.24) is 5.32 Å². The van der Waals surface area contributed by atoms with Gasteiger partial charge in [0.05, 0.1) is 12.3 Å². The van der Waals surface area contributed by atoms with Crippen LogP contribution in [0.3, 0.4) is 0 Å². The Hall–Kier alpha value is -0.760. The SMILES string of the molecule is CCCCCCCCCCC(NCC)c1occc1C. The highest BCUT2D eigenvalue weighted by molar-refractivity contribution is 5.18. The smallest absolute Gasteiger partial charge is 0.123 e. The van der Waals surface area contributed by atoms with E-state index in [1.165, 1.54) is 63.4 Å². The fourth-order valence-corrected chi connectivity index (χ4v) is 2.80. The molecule has 1 aromatic rings. The molecule has 1 rings (SSSR count). The molecule has 1 N–H and O–H groups in total. The third-order valence-electron chi connectivity index (χ3n) is 4.02. The Morgan fingerprint density at radius 1 is 1.00 bits per heavy atom. The van der Waals surface area contributed by atoms with E-state index in [9.17, 15) is 0 Å². The second-order valence-corrected chi connectivity index (χ2v) is 5.84. The number of hydrogen-bond acceptors (Lipinski definition) is 2. The summed E-state index contributed by atoms with van der Waals surface area (Å²) in [5, 5.41) is 3.55. The summed E-state index contributed by atoms with van der Waals surface area (Å²) in [6, 6.07) is 2.46. The molecular formula is C18H33NO. The first-order valence-corrected chi connectivity index (χ1v) is 8.57. The summed E-state index contributed by atoms with van der Waals surface area (Å²) in [4.78, 5) is 0. The fraction of sp³-hybridized carbons (Fsp3) is 0.778. The minimum absolute atomic E-state index is 0.398. The van der Waals surface area contributed by atoms with Gasteiger partial charge in [-0.2, -0.15) is 0 Å². The maximum atomic E-state index is 5.64. The first-order valence-electron chi connectivity index (χ1n) is 8.57. The van der Waals surface area contributed by atoms with Crippen molar-refractivity contribution in [2.45, 2.75) is 84.6 Å². The number of hydrogen-bond donors (Lipinski definition) is 1. The lowest BCUT2D eigenvalue weighted by atomic mass is 10.0. The van der Waals surface area contributed by atoms with Crippen molar-refractivity contribution < 1.29 is 4.42 Å². The third kappa shape index (κ3) is 6.60. The van der Waals surface area contributed by atoms with E-state index in [2.05, 4.69) is 32.2 Å². The second-order valence-electron chi connectivity index (χ2n) is 5.84. The van der Waals surface area contributed by atoms with Gasteiger partial charge in [-0.25, -0.2) is 0 Å². The summed E-state index contributed by atoms with van der Waals surface area (Å²) in [6.07, 6.45) is 14.0. The molecule has 0 radical (unpaired) electrons. The molecule has 0 saturated heterocycles. The Morgan fingerprint density at radius 3 is 2.20 bits per heavy atom. The molecule has 20 heavy (non-hydrogen) atoms. The number of aryl methyl sites for hydroxylation is 1. The molecule has 1 heterocycles. The molecule has 0 saturated carbocycles. The zero-order valence-electron chi connectivity index (χ0n) is 13.7. The molecule has 0 aromatic carbocycles. The molecule has 0 amide bonds. The maximum absolute atomic E-state index is 5.64. The molecule has 0 aliphatic carbocycles. The molecule has 0 fully saturated rings. The fourth-order valence-electron chi connectivity index (χ4n) is 2.80. The normalized spacial score (nSPS) is 12.8. The number of rotatable bonds is 12. The molecule has 0 spiro atoms. The molecule has 2 nitrogen and oxygen atoms in total. The van der Waals surface area contributed by atoms with E-state index in [0.717, 1.165) is 12.3 Å². The largest absolute Gasteiger partial charge is 0.467 e. The van der Waals surface area contributed by atoms with Gasteiger partial charge in [0.15, 0.2) is 0 Å². The molecular weight excluding hydrogens is 246 g/mol. The summed E-state index contributed by atoms with van der Waals surface area (Å²) in [7, 11) is 0. The number of unbranched alkanes of at least 4 members (excludes halogenated alkanes) is 7. The van der Waals surface area contributed by atoms with Crippen molar-refractivity contribution in [3.8, 4) is 0 Å². The molecule has 1 atom stereocenters. The Labute approximate surface area is 125 Å². The van der Waals surface area contributed by atoms with Crippen molar-refractivity contribution in [2.24, 2.45) is 0 Å². The van der Waals surface area contributed by atoms with Gasteiger partial charge >= 0.3 is 0 Å². The second kappa shape index (κ2) is 11.0. The minimum atomic E-state index is 0.398. The van der Waals surface area contributed by atoms with Crippen molar-refractivity contribution in [2.75, 3.05) is 6.54 Å². The van der Waals surface area contributed by atoms with Crippen LogP contribution >= 0.6 is 0 Å². The summed E-state index contributed by atoms with van der Waals surface area (Å²) in [5.41, 5.74) is 1.27. The van der Waals surface area contributed by atoms with Crippen molar-refractivity contribution in [1.29, 1.82) is 0 Å². The van der Waals surface area contributed by atoms with Crippen LogP contribution in [0.1, 0.15) is 89.0 Å². The summed E-state index contributed by atoms with van der Waals surface area (Å²) in [6.45, 7) is 7.58. The Balaban J connectivity index is 2.16. The van der Waals surface area contributed by atoms with Crippen molar-refractivity contribution >= 4 is 0 Å². The van der Waals surface area contributed by atoms with Crippen LogP contribution in [-0.4, -0.2) is 6.54 Å². The Bertz CT molecular complexity index is 332. The van der Waals surface area contributed by atoms with Crippen molar-refractivity contribution in [3.63, 3.8) is 0 Å². The van der Waals surface area contributed by atoms with E-state index in [4.69, 9.17) is 4.42 Å². The van der Waals surface area contributed by atoms with Gasteiger partial charge < -0.3 is 9.73 Å². The van der Waals surface area contributed by atoms with Crippen LogP contribution in [0.4, 0.5) is 0 Å². The van der Waals surface area contributed by atoms with Crippen LogP contribution in [0.15, 0.2) is 16.7 Å². The molecule has 0 bridgehead atoms. The quantitative estimate of drug-likeness (QED) is 0.491. The van der Waals surface area contributed by atoms with E-state index in [-0.39, 0.29) is 0 Å². The van der Waals surface area contributed by atoms with Gasteiger partial charge in [-0.3, -0.25) is 0 Å². The van der Waals surface area contributed by atoms with Crippen LogP contribution in [0.25, 0.3) is 0 Å². The summed E-state index contributed by atoms with van der Waals surface area (Å²) in [5.74, 6) is 1.13. The molecule has 0 aliphatic rings. The highest BCUT2D eigenvalue weighted by Crippen LogP contribution is 2.24. The van der Waals surface area contributed by atoms with Gasteiger partial charge in [-0.15, -0.1) is 0 Å². The lowest BCUT2D eigenvalue weighted by molar-refractivity contribution is 0.386. The van der Waals surface area contributed by atoms with Gasteiger partial charge in [0.2, 0.25) is 0 Å². The van der Waals surface area contributed by atoms with E-state index in [1.807, 2.05) is 6.26 Å². The number of nitrogens with one attached hydrogen (secondary N) is 1. The average molecular weight is 279 g/mol. The predicted molar refractivity (Wildman–Crippen MR) is 87.1 cm³/mol. The van der Waals surface area contributed by atoms with Crippen LogP contribution < -0.4 is 5.32 Å². The third-order valence-corrected chi connectivity index (χ3v) is 4.02. The lowest BCUT2D eigenvalue weighted by Gasteiger charge is -2.16. The first kappa shape index (κ1) is 17.3. The monoisotopic (exact) mass is 279 g/mol. The van der Waals surface area contributed by atoms with Crippen LogP contribution in [0.2, 0.25) is 0 Å². The molecule has 116 valence electrons. The van der Waals surface area contributed by atoms with Crippen molar-refractivity contribution in [3.05, 3.63) is 23.7 Å². The van der Waals surface area contributed by atoms with Crippen LogP contribution in [0, 0.1) is 6.92 Å². The van der Waals surface area contributed by atoms with Crippen LogP contribution in [-0.2, 0) is 0 Å². The molecule has 2 heteroatoms. The van der Waals surface area contributed by atoms with E-state index in [1.54, 1.807) is 0 Å². The highest BCUT2D eigenvalue weighted by Gasteiger charge is 2.15. The topological polar surface area (TPSA) is 25.2 Å². The maximum Gasteiger partial charge on any atom is 0.123 e. The van der Waals surface area contributed by atoms with Gasteiger partial charge in [-0.1, -0.05) is 65.2 Å². The summed E-state index contributed by atoms with van der Waals surface area (Å²) >= 11 is 0. The number of furan rings is 1. The molecule has 1 aromatic heterocycles. The van der Waals surface area contributed by atoms with Gasteiger partial charge in [0, 0.05) is 0 Å². The van der Waals surface area contributed by atoms with E-state index < -0.39 is 0 Å². The minimum Gasteiger partial charge on any atom is -0.467 e. The van der Waals surface area contributed by atoms with E-state index >= 15 is 0 Å². The van der Waals surface area contributed by atoms with Gasteiger partial charge in [0.1, 0.15) is 5.76 Å². The highest BCUT2D eigenvalue weighted by atomic mass is 16.3. The molecule has 1 unspecified atom stereocenters. The lowest BCUT2D eigenvalue weighted by Crippen LogP contribution is -2.21. The van der Waals surface area contributed by atoms with E-state index in [0.29, 0.717) is 6.04 Å². The predicted octanol–water partition coefficient (Wildman–Crippen LogP) is 5.77. The zero-order valence-corrected chi connectivity index (χ0v) is 13.7. The Kier molecular flexibility index (Phi) is 9.48. The average Bonchev–Trinajstić information content (AvgIpc) is 2.87. The van der Waals surface area contributed by atoms with Gasteiger partial charge in [-0.05, 0) is 31.5 Å². The standard InChI is InChI=1S/C18H33NO/c1-4-6-7-8-9-10-11-12-13-17(19-5-2)18-16(3)14-15-20-18/h14-15,17,19H,4-13H2,1-3H3. The zero-order chi connectivity index (χ0) is 14.6. The summed E-state index contributed by atoms with van der Waals surface area (Å²) < 4.78 is 5.64. The van der Waals surface area contributed by atoms with Crippen LogP contribution in [0.5, 0.6) is 0 Å². The van der Waals surface area contributed by atoms with Gasteiger partial charge in [0.25, 0.3) is 0 Å². The Morgan fingerprint density at radius 2 is 1.65 bits per heavy atom.